The summed E-state index contributed by atoms with van der Waals surface area (Å²) in [4.78, 5) is 0. The van der Waals surface area contributed by atoms with E-state index in [0.29, 0.717) is 0 Å². The van der Waals surface area contributed by atoms with Crippen molar-refractivity contribution in [1.82, 2.24) is 0 Å². The zero-order valence-electron chi connectivity index (χ0n) is 6.37. The van der Waals surface area contributed by atoms with Crippen LogP contribution in [0.2, 0.25) is 0 Å². The summed E-state index contributed by atoms with van der Waals surface area (Å²) < 4.78 is 5.12. The third kappa shape index (κ3) is 1.71. The molecule has 0 N–H and O–H groups in total. The van der Waals surface area contributed by atoms with Gasteiger partial charge in [-0.3, -0.25) is 0 Å². The van der Waals surface area contributed by atoms with E-state index in [-0.39, 0.29) is 0 Å². The lowest BCUT2D eigenvalue weighted by molar-refractivity contribution is 0.551. The van der Waals surface area contributed by atoms with Crippen LogP contribution in [0.3, 0.4) is 0 Å². The Morgan fingerprint density at radius 1 is 1.82 bits per heavy atom. The molecular weight excluding hydrogens is 138 g/mol. The molecule has 0 saturated carbocycles. The maximum Gasteiger partial charge on any atom is 0.130 e. The molecule has 1 rings (SSSR count). The van der Waals surface area contributed by atoms with Crippen molar-refractivity contribution in [3.63, 3.8) is 0 Å². The highest BCUT2D eigenvalue weighted by atomic mass is 16.3. The molecule has 0 atom stereocenters. The largest absolute Gasteiger partial charge is 0.465 e. The molecule has 11 heavy (non-hydrogen) atoms. The smallest absolute Gasteiger partial charge is 0.130 e. The molecule has 56 valence electrons. The number of nitriles is 1. The molecule has 1 aromatic heterocycles. The van der Waals surface area contributed by atoms with Gasteiger partial charge >= 0.3 is 0 Å². The van der Waals surface area contributed by atoms with Crippen LogP contribution in [0.4, 0.5) is 0 Å². The van der Waals surface area contributed by atoms with E-state index < -0.39 is 0 Å². The minimum atomic E-state index is 0.786. The van der Waals surface area contributed by atoms with Crippen LogP contribution in [0.1, 0.15) is 19.1 Å². The molecule has 0 unspecified atom stereocenters. The molecule has 0 aromatic carbocycles. The van der Waals surface area contributed by atoms with Gasteiger partial charge in [0.25, 0.3) is 0 Å². The lowest BCUT2D eigenvalue weighted by Crippen LogP contribution is -1.76. The summed E-state index contributed by atoms with van der Waals surface area (Å²) in [7, 11) is 0. The average Bonchev–Trinajstić information content (AvgIpc) is 2.52. The first-order valence-corrected chi connectivity index (χ1v) is 3.51. The van der Waals surface area contributed by atoms with Crippen LogP contribution in [-0.4, -0.2) is 0 Å². The van der Waals surface area contributed by atoms with E-state index in [0.717, 1.165) is 17.8 Å². The number of allylic oxidation sites excluding steroid dienone is 2. The van der Waals surface area contributed by atoms with E-state index in [1.54, 1.807) is 6.26 Å². The Morgan fingerprint density at radius 3 is 3.09 bits per heavy atom. The van der Waals surface area contributed by atoms with Crippen LogP contribution in [0, 0.1) is 11.3 Å². The fourth-order valence-electron chi connectivity index (χ4n) is 0.887. The number of rotatable bonds is 2. The summed E-state index contributed by atoms with van der Waals surface area (Å²) in [6.07, 6.45) is 3.94. The molecule has 0 saturated heterocycles. The Hall–Kier alpha value is -1.49. The molecule has 0 amide bonds. The van der Waals surface area contributed by atoms with Crippen molar-refractivity contribution in [1.29, 1.82) is 5.26 Å². The van der Waals surface area contributed by atoms with Gasteiger partial charge in [0, 0.05) is 11.6 Å². The van der Waals surface area contributed by atoms with Gasteiger partial charge in [0.1, 0.15) is 5.76 Å². The van der Waals surface area contributed by atoms with Gasteiger partial charge in [-0.15, -0.1) is 0 Å². The summed E-state index contributed by atoms with van der Waals surface area (Å²) in [5.41, 5.74) is 0.942. The zero-order chi connectivity index (χ0) is 8.10. The van der Waals surface area contributed by atoms with Crippen molar-refractivity contribution in [2.45, 2.75) is 13.3 Å². The van der Waals surface area contributed by atoms with Gasteiger partial charge in [0.05, 0.1) is 12.3 Å². The molecule has 0 fully saturated rings. The van der Waals surface area contributed by atoms with Crippen molar-refractivity contribution < 1.29 is 4.42 Å². The van der Waals surface area contributed by atoms with Gasteiger partial charge in [-0.05, 0) is 18.6 Å². The SMILES string of the molecule is CC/C(=C\C#N)c1ccco1. The minimum absolute atomic E-state index is 0.786. The first kappa shape index (κ1) is 7.62. The molecule has 0 radical (unpaired) electrons. The first-order valence-electron chi connectivity index (χ1n) is 3.51. The van der Waals surface area contributed by atoms with Gasteiger partial charge in [-0.25, -0.2) is 0 Å². The first-order chi connectivity index (χ1) is 5.38. The molecule has 1 heterocycles. The van der Waals surface area contributed by atoms with E-state index >= 15 is 0 Å². The normalized spacial score (nSPS) is 11.1. The predicted octanol–water partition coefficient (Wildman–Crippen LogP) is 2.60. The third-order valence-corrected chi connectivity index (χ3v) is 1.46. The Balaban J connectivity index is 2.91. The van der Waals surface area contributed by atoms with Gasteiger partial charge in [-0.1, -0.05) is 6.92 Å². The number of nitrogens with zero attached hydrogens (tertiary/aromatic N) is 1. The van der Waals surface area contributed by atoms with Crippen molar-refractivity contribution in [3.8, 4) is 6.07 Å². The van der Waals surface area contributed by atoms with Crippen molar-refractivity contribution >= 4 is 5.57 Å². The zero-order valence-corrected chi connectivity index (χ0v) is 6.37. The molecule has 0 spiro atoms. The third-order valence-electron chi connectivity index (χ3n) is 1.46. The van der Waals surface area contributed by atoms with E-state index in [1.165, 1.54) is 6.08 Å². The maximum absolute atomic E-state index is 8.40. The monoisotopic (exact) mass is 147 g/mol. The fraction of sp³-hybridized carbons (Fsp3) is 0.222. The summed E-state index contributed by atoms with van der Waals surface area (Å²) >= 11 is 0. The molecule has 0 bridgehead atoms. The standard InChI is InChI=1S/C9H9NO/c1-2-8(5-6-10)9-4-3-7-11-9/h3-5,7H,2H2,1H3/b8-5+. The topological polar surface area (TPSA) is 36.9 Å². The molecule has 0 aliphatic rings. The highest BCUT2D eigenvalue weighted by Gasteiger charge is 1.99. The predicted molar refractivity (Wildman–Crippen MR) is 42.6 cm³/mol. The van der Waals surface area contributed by atoms with Gasteiger partial charge in [0.2, 0.25) is 0 Å². The molecule has 2 heteroatoms. The lowest BCUT2D eigenvalue weighted by atomic mass is 10.1. The van der Waals surface area contributed by atoms with Crippen molar-refractivity contribution in [2.24, 2.45) is 0 Å². The summed E-state index contributed by atoms with van der Waals surface area (Å²) in [6.45, 7) is 1.99. The fourth-order valence-corrected chi connectivity index (χ4v) is 0.887. The van der Waals surface area contributed by atoms with Crippen LogP contribution in [0.25, 0.3) is 5.57 Å². The Kier molecular flexibility index (Phi) is 2.51. The lowest BCUT2D eigenvalue weighted by Gasteiger charge is -1.94. The van der Waals surface area contributed by atoms with Crippen LogP contribution in [0.15, 0.2) is 28.9 Å². The highest BCUT2D eigenvalue weighted by Crippen LogP contribution is 2.17. The average molecular weight is 147 g/mol. The quantitative estimate of drug-likeness (QED) is 0.603. The Labute approximate surface area is 65.8 Å². The molecular formula is C9H9NO. The molecule has 2 nitrogen and oxygen atoms in total. The summed E-state index contributed by atoms with van der Waals surface area (Å²) in [5, 5.41) is 8.40. The molecule has 1 aromatic rings. The van der Waals surface area contributed by atoms with Crippen molar-refractivity contribution in [2.75, 3.05) is 0 Å². The van der Waals surface area contributed by atoms with E-state index in [4.69, 9.17) is 9.68 Å². The van der Waals surface area contributed by atoms with E-state index in [2.05, 4.69) is 0 Å². The van der Waals surface area contributed by atoms with Crippen LogP contribution >= 0.6 is 0 Å². The van der Waals surface area contributed by atoms with Gasteiger partial charge < -0.3 is 4.42 Å². The second-order valence-corrected chi connectivity index (χ2v) is 2.13. The van der Waals surface area contributed by atoms with E-state index in [9.17, 15) is 0 Å². The van der Waals surface area contributed by atoms with Crippen LogP contribution < -0.4 is 0 Å². The summed E-state index contributed by atoms with van der Waals surface area (Å²) in [5.74, 6) is 0.786. The Morgan fingerprint density at radius 2 is 2.64 bits per heavy atom. The second-order valence-electron chi connectivity index (χ2n) is 2.13. The second kappa shape index (κ2) is 3.62. The summed E-state index contributed by atoms with van der Waals surface area (Å²) in [6, 6.07) is 5.65. The number of furan rings is 1. The Bertz CT molecular complexity index is 277. The van der Waals surface area contributed by atoms with Crippen molar-refractivity contribution in [3.05, 3.63) is 30.2 Å². The minimum Gasteiger partial charge on any atom is -0.465 e. The highest BCUT2D eigenvalue weighted by molar-refractivity contribution is 5.63. The molecule has 0 aliphatic heterocycles. The van der Waals surface area contributed by atoms with Crippen LogP contribution in [-0.2, 0) is 0 Å². The van der Waals surface area contributed by atoms with Crippen LogP contribution in [0.5, 0.6) is 0 Å². The van der Waals surface area contributed by atoms with E-state index in [1.807, 2.05) is 25.1 Å². The maximum atomic E-state index is 8.40. The van der Waals surface area contributed by atoms with Gasteiger partial charge in [-0.2, -0.15) is 5.26 Å². The van der Waals surface area contributed by atoms with Gasteiger partial charge in [0.15, 0.2) is 0 Å². The molecule has 0 aliphatic carbocycles. The number of hydrogen-bond acceptors (Lipinski definition) is 2. The number of hydrogen-bond donors (Lipinski definition) is 0.